The van der Waals surface area contributed by atoms with Gasteiger partial charge in [-0.3, -0.25) is 4.79 Å². The molecule has 0 saturated carbocycles. The summed E-state index contributed by atoms with van der Waals surface area (Å²) in [5.74, 6) is 0.636. The SMILES string of the molecule is Cc1ccc(Cl)cc1NC(=O)CSc1nccnc1N1CCN(c2ccc(F)cc2)CC1. The number of aromatic nitrogens is 2. The topological polar surface area (TPSA) is 61.4 Å². The molecule has 4 rings (SSSR count). The van der Waals surface area contributed by atoms with Crippen molar-refractivity contribution in [2.45, 2.75) is 11.9 Å². The molecule has 1 saturated heterocycles. The smallest absolute Gasteiger partial charge is 0.234 e. The van der Waals surface area contributed by atoms with Crippen LogP contribution in [0.4, 0.5) is 21.6 Å². The summed E-state index contributed by atoms with van der Waals surface area (Å²) in [6.07, 6.45) is 3.31. The number of thioether (sulfide) groups is 1. The molecule has 0 aliphatic carbocycles. The highest BCUT2D eigenvalue weighted by atomic mass is 35.5. The van der Waals surface area contributed by atoms with Crippen molar-refractivity contribution in [3.63, 3.8) is 0 Å². The number of carbonyl (C=O) groups is 1. The first-order valence-corrected chi connectivity index (χ1v) is 11.6. The van der Waals surface area contributed by atoms with Gasteiger partial charge in [-0.15, -0.1) is 0 Å². The summed E-state index contributed by atoms with van der Waals surface area (Å²) in [6, 6.07) is 12.0. The fourth-order valence-corrected chi connectivity index (χ4v) is 4.47. The average molecular weight is 472 g/mol. The van der Waals surface area contributed by atoms with E-state index < -0.39 is 0 Å². The lowest BCUT2D eigenvalue weighted by atomic mass is 10.2. The first-order valence-electron chi connectivity index (χ1n) is 10.2. The van der Waals surface area contributed by atoms with Crippen molar-refractivity contribution in [1.29, 1.82) is 0 Å². The van der Waals surface area contributed by atoms with Crippen LogP contribution >= 0.6 is 23.4 Å². The number of benzene rings is 2. The maximum atomic E-state index is 13.2. The van der Waals surface area contributed by atoms with Gasteiger partial charge in [0.2, 0.25) is 5.91 Å². The largest absolute Gasteiger partial charge is 0.368 e. The highest BCUT2D eigenvalue weighted by Gasteiger charge is 2.22. The van der Waals surface area contributed by atoms with E-state index in [-0.39, 0.29) is 17.5 Å². The first kappa shape index (κ1) is 22.4. The van der Waals surface area contributed by atoms with Gasteiger partial charge in [-0.25, -0.2) is 14.4 Å². The Balaban J connectivity index is 1.36. The van der Waals surface area contributed by atoms with E-state index in [0.717, 1.165) is 48.3 Å². The Morgan fingerprint density at radius 3 is 2.50 bits per heavy atom. The number of hydrogen-bond donors (Lipinski definition) is 1. The Labute approximate surface area is 195 Å². The van der Waals surface area contributed by atoms with Crippen molar-refractivity contribution in [1.82, 2.24) is 9.97 Å². The van der Waals surface area contributed by atoms with E-state index in [4.69, 9.17) is 11.6 Å². The lowest BCUT2D eigenvalue weighted by Gasteiger charge is -2.37. The van der Waals surface area contributed by atoms with Crippen molar-refractivity contribution in [3.05, 3.63) is 71.3 Å². The molecule has 32 heavy (non-hydrogen) atoms. The second-order valence-electron chi connectivity index (χ2n) is 7.43. The number of amides is 1. The molecule has 1 amide bonds. The molecule has 1 aliphatic rings. The van der Waals surface area contributed by atoms with Crippen LogP contribution in [0, 0.1) is 12.7 Å². The summed E-state index contributed by atoms with van der Waals surface area (Å²) >= 11 is 7.40. The molecule has 0 radical (unpaired) electrons. The zero-order valence-electron chi connectivity index (χ0n) is 17.6. The van der Waals surface area contributed by atoms with Crippen molar-refractivity contribution in [3.8, 4) is 0 Å². The number of carbonyl (C=O) groups excluding carboxylic acids is 1. The second kappa shape index (κ2) is 10.2. The van der Waals surface area contributed by atoms with Gasteiger partial charge < -0.3 is 15.1 Å². The molecule has 0 bridgehead atoms. The van der Waals surface area contributed by atoms with Crippen molar-refractivity contribution in [2.75, 3.05) is 47.0 Å². The van der Waals surface area contributed by atoms with E-state index in [1.54, 1.807) is 36.7 Å². The molecule has 2 aromatic carbocycles. The Hall–Kier alpha value is -2.84. The van der Waals surface area contributed by atoms with Crippen molar-refractivity contribution >= 4 is 46.5 Å². The van der Waals surface area contributed by atoms with E-state index in [0.29, 0.717) is 10.7 Å². The minimum Gasteiger partial charge on any atom is -0.368 e. The third kappa shape index (κ3) is 5.49. The quantitative estimate of drug-likeness (QED) is 0.529. The summed E-state index contributed by atoms with van der Waals surface area (Å²) in [4.78, 5) is 25.9. The summed E-state index contributed by atoms with van der Waals surface area (Å²) in [5.41, 5.74) is 2.67. The Bertz CT molecular complexity index is 1090. The van der Waals surface area contributed by atoms with Gasteiger partial charge in [0, 0.05) is 55.0 Å². The number of nitrogens with zero attached hydrogens (tertiary/aromatic N) is 4. The predicted octanol–water partition coefficient (Wildman–Crippen LogP) is 4.63. The van der Waals surface area contributed by atoms with Gasteiger partial charge in [0.05, 0.1) is 5.75 Å². The molecule has 2 heterocycles. The molecule has 1 N–H and O–H groups in total. The van der Waals surface area contributed by atoms with Gasteiger partial charge in [-0.05, 0) is 48.9 Å². The zero-order chi connectivity index (χ0) is 22.5. The zero-order valence-corrected chi connectivity index (χ0v) is 19.2. The monoisotopic (exact) mass is 471 g/mol. The molecule has 1 aromatic heterocycles. The third-order valence-corrected chi connectivity index (χ3v) is 6.43. The maximum Gasteiger partial charge on any atom is 0.234 e. The summed E-state index contributed by atoms with van der Waals surface area (Å²) < 4.78 is 13.2. The molecule has 0 unspecified atom stereocenters. The molecular formula is C23H23ClFN5OS. The van der Waals surface area contributed by atoms with Crippen LogP contribution in [-0.4, -0.2) is 47.8 Å². The number of anilines is 3. The Morgan fingerprint density at radius 1 is 1.06 bits per heavy atom. The first-order chi connectivity index (χ1) is 15.5. The van der Waals surface area contributed by atoms with Crippen LogP contribution in [0.25, 0.3) is 0 Å². The second-order valence-corrected chi connectivity index (χ2v) is 8.83. The lowest BCUT2D eigenvalue weighted by Crippen LogP contribution is -2.47. The van der Waals surface area contributed by atoms with Gasteiger partial charge >= 0.3 is 0 Å². The number of aryl methyl sites for hydroxylation is 1. The van der Waals surface area contributed by atoms with E-state index in [2.05, 4.69) is 25.1 Å². The summed E-state index contributed by atoms with van der Waals surface area (Å²) in [6.45, 7) is 5.03. The fraction of sp³-hybridized carbons (Fsp3) is 0.261. The van der Waals surface area contributed by atoms with Crippen molar-refractivity contribution < 1.29 is 9.18 Å². The van der Waals surface area contributed by atoms with E-state index in [9.17, 15) is 9.18 Å². The van der Waals surface area contributed by atoms with E-state index >= 15 is 0 Å². The van der Waals surface area contributed by atoms with Gasteiger partial charge in [-0.2, -0.15) is 0 Å². The Kier molecular flexibility index (Phi) is 7.12. The minimum atomic E-state index is -0.233. The number of piperazine rings is 1. The Morgan fingerprint density at radius 2 is 1.75 bits per heavy atom. The van der Waals surface area contributed by atoms with Gasteiger partial charge in [0.1, 0.15) is 10.8 Å². The molecule has 6 nitrogen and oxygen atoms in total. The summed E-state index contributed by atoms with van der Waals surface area (Å²) in [5, 5.41) is 4.21. The minimum absolute atomic E-state index is 0.127. The number of nitrogens with one attached hydrogen (secondary N) is 1. The molecule has 0 spiro atoms. The van der Waals surface area contributed by atoms with Crippen LogP contribution in [0.15, 0.2) is 59.9 Å². The van der Waals surface area contributed by atoms with Gasteiger partial charge in [0.15, 0.2) is 5.82 Å². The van der Waals surface area contributed by atoms with Crippen LogP contribution in [0.3, 0.4) is 0 Å². The maximum absolute atomic E-state index is 13.2. The van der Waals surface area contributed by atoms with Gasteiger partial charge in [0.25, 0.3) is 0 Å². The van der Waals surface area contributed by atoms with Gasteiger partial charge in [-0.1, -0.05) is 29.4 Å². The molecule has 0 atom stereocenters. The number of hydrogen-bond acceptors (Lipinski definition) is 6. The van der Waals surface area contributed by atoms with Crippen LogP contribution in [0.1, 0.15) is 5.56 Å². The standard InChI is InChI=1S/C23H23ClFN5OS/c1-16-2-3-17(24)14-20(16)28-21(31)15-32-23-22(26-8-9-27-23)30-12-10-29(11-13-30)19-6-4-18(25)5-7-19/h2-9,14H,10-13,15H2,1H3,(H,28,31). The number of rotatable bonds is 6. The van der Waals surface area contributed by atoms with Crippen molar-refractivity contribution in [2.24, 2.45) is 0 Å². The molecule has 3 aromatic rings. The fourth-order valence-electron chi connectivity index (χ4n) is 3.51. The third-order valence-electron chi connectivity index (χ3n) is 5.23. The lowest BCUT2D eigenvalue weighted by molar-refractivity contribution is -0.113. The predicted molar refractivity (Wildman–Crippen MR) is 128 cm³/mol. The normalized spacial score (nSPS) is 13.8. The molecule has 166 valence electrons. The molecule has 9 heteroatoms. The van der Waals surface area contributed by atoms with Crippen LogP contribution in [0.5, 0.6) is 0 Å². The molecule has 1 fully saturated rings. The van der Waals surface area contributed by atoms with Crippen LogP contribution in [0.2, 0.25) is 5.02 Å². The van der Waals surface area contributed by atoms with Crippen LogP contribution in [-0.2, 0) is 4.79 Å². The average Bonchev–Trinajstić information content (AvgIpc) is 2.81. The molecule has 1 aliphatic heterocycles. The molecular weight excluding hydrogens is 449 g/mol. The van der Waals surface area contributed by atoms with Crippen LogP contribution < -0.4 is 15.1 Å². The summed E-state index contributed by atoms with van der Waals surface area (Å²) in [7, 11) is 0. The highest BCUT2D eigenvalue weighted by molar-refractivity contribution is 8.00. The highest BCUT2D eigenvalue weighted by Crippen LogP contribution is 2.28. The number of halogens is 2. The van der Waals surface area contributed by atoms with E-state index in [1.165, 1.54) is 23.9 Å². The van der Waals surface area contributed by atoms with E-state index in [1.807, 2.05) is 13.0 Å².